The highest BCUT2D eigenvalue weighted by Crippen LogP contribution is 2.23. The smallest absolute Gasteiger partial charge is 0.184 e. The zero-order valence-corrected chi connectivity index (χ0v) is 10.8. The van der Waals surface area contributed by atoms with E-state index in [4.69, 9.17) is 5.73 Å². The Labute approximate surface area is 106 Å². The van der Waals surface area contributed by atoms with Crippen molar-refractivity contribution < 1.29 is 8.42 Å². The summed E-state index contributed by atoms with van der Waals surface area (Å²) in [6, 6.07) is 8.33. The van der Waals surface area contributed by atoms with Crippen molar-refractivity contribution in [2.24, 2.45) is 0 Å². The van der Waals surface area contributed by atoms with E-state index >= 15 is 0 Å². The minimum atomic E-state index is -3.41. The largest absolute Gasteiger partial charge is 0.398 e. The summed E-state index contributed by atoms with van der Waals surface area (Å²) in [6.45, 7) is 1.87. The van der Waals surface area contributed by atoms with Gasteiger partial charge in [0.15, 0.2) is 9.84 Å². The fourth-order valence-corrected chi connectivity index (χ4v) is 3.21. The summed E-state index contributed by atoms with van der Waals surface area (Å²) in [6.07, 6.45) is 3.15. The summed E-state index contributed by atoms with van der Waals surface area (Å²) in [5, 5.41) is 0. The highest BCUT2D eigenvalue weighted by molar-refractivity contribution is 7.90. The summed E-state index contributed by atoms with van der Waals surface area (Å²) in [5.74, 6) is -0.0667. The molecule has 4 nitrogen and oxygen atoms in total. The number of aromatic nitrogens is 1. The molecule has 0 bridgehead atoms. The summed E-state index contributed by atoms with van der Waals surface area (Å²) >= 11 is 0. The van der Waals surface area contributed by atoms with Crippen LogP contribution < -0.4 is 5.73 Å². The molecule has 2 aromatic rings. The van der Waals surface area contributed by atoms with Crippen LogP contribution in [0.25, 0.3) is 0 Å². The molecule has 0 aliphatic heterocycles. The molecule has 1 aromatic carbocycles. The van der Waals surface area contributed by atoms with Crippen molar-refractivity contribution >= 4 is 15.5 Å². The Balaban J connectivity index is 2.37. The first kappa shape index (κ1) is 12.6. The second-order valence-corrected chi connectivity index (χ2v) is 6.11. The maximum absolute atomic E-state index is 12.2. The van der Waals surface area contributed by atoms with E-state index in [9.17, 15) is 8.42 Å². The van der Waals surface area contributed by atoms with Crippen molar-refractivity contribution in [2.75, 3.05) is 5.73 Å². The summed E-state index contributed by atoms with van der Waals surface area (Å²) in [7, 11) is -3.41. The van der Waals surface area contributed by atoms with Gasteiger partial charge in [0.25, 0.3) is 0 Å². The Morgan fingerprint density at radius 2 is 1.83 bits per heavy atom. The van der Waals surface area contributed by atoms with Gasteiger partial charge >= 0.3 is 0 Å². The minimum absolute atomic E-state index is 0.0667. The van der Waals surface area contributed by atoms with Crippen LogP contribution >= 0.6 is 0 Å². The number of hydrogen-bond acceptors (Lipinski definition) is 4. The van der Waals surface area contributed by atoms with Gasteiger partial charge in [0.05, 0.1) is 16.3 Å². The van der Waals surface area contributed by atoms with Crippen molar-refractivity contribution in [3.63, 3.8) is 0 Å². The number of anilines is 1. The summed E-state index contributed by atoms with van der Waals surface area (Å²) in [5.41, 5.74) is 7.70. The molecule has 0 radical (unpaired) electrons. The molecule has 2 N–H and O–H groups in total. The molecule has 5 heteroatoms. The number of hydrogen-bond donors (Lipinski definition) is 1. The van der Waals surface area contributed by atoms with E-state index in [-0.39, 0.29) is 10.6 Å². The average Bonchev–Trinajstić information content (AvgIpc) is 2.29. The molecule has 0 saturated heterocycles. The Hall–Kier alpha value is -1.88. The van der Waals surface area contributed by atoms with E-state index in [0.29, 0.717) is 11.3 Å². The number of benzene rings is 1. The van der Waals surface area contributed by atoms with E-state index in [1.807, 2.05) is 6.92 Å². The number of pyridine rings is 1. The van der Waals surface area contributed by atoms with Crippen LogP contribution in [0.4, 0.5) is 5.69 Å². The molecule has 94 valence electrons. The van der Waals surface area contributed by atoms with Crippen LogP contribution in [0, 0.1) is 6.92 Å². The SMILES string of the molecule is Cc1ccc(S(=O)(=O)Cc2ccncc2)c(N)c1. The van der Waals surface area contributed by atoms with Crippen LogP contribution in [0.15, 0.2) is 47.6 Å². The second kappa shape index (κ2) is 4.78. The highest BCUT2D eigenvalue weighted by atomic mass is 32.2. The van der Waals surface area contributed by atoms with Gasteiger partial charge in [-0.2, -0.15) is 0 Å². The zero-order valence-electron chi connectivity index (χ0n) is 10.00. The number of nitrogens with two attached hydrogens (primary N) is 1. The molecule has 1 aromatic heterocycles. The van der Waals surface area contributed by atoms with Gasteiger partial charge in [-0.25, -0.2) is 8.42 Å². The molecule has 0 aliphatic rings. The van der Waals surface area contributed by atoms with E-state index in [0.717, 1.165) is 5.56 Å². The van der Waals surface area contributed by atoms with Crippen LogP contribution in [0.1, 0.15) is 11.1 Å². The summed E-state index contributed by atoms with van der Waals surface area (Å²) < 4.78 is 24.5. The molecule has 0 unspecified atom stereocenters. The topological polar surface area (TPSA) is 73.0 Å². The first-order valence-corrected chi connectivity index (χ1v) is 7.12. The van der Waals surface area contributed by atoms with Crippen LogP contribution in [-0.4, -0.2) is 13.4 Å². The lowest BCUT2D eigenvalue weighted by Crippen LogP contribution is -2.08. The molecular formula is C13H14N2O2S. The van der Waals surface area contributed by atoms with Crippen LogP contribution in [0.3, 0.4) is 0 Å². The van der Waals surface area contributed by atoms with E-state index < -0.39 is 9.84 Å². The molecule has 18 heavy (non-hydrogen) atoms. The van der Waals surface area contributed by atoms with E-state index in [1.165, 1.54) is 0 Å². The maximum Gasteiger partial charge on any atom is 0.184 e. The molecule has 0 amide bonds. The third-order valence-electron chi connectivity index (χ3n) is 2.61. The monoisotopic (exact) mass is 262 g/mol. The van der Waals surface area contributed by atoms with Gasteiger partial charge in [-0.05, 0) is 42.3 Å². The number of nitrogens with zero attached hydrogens (tertiary/aromatic N) is 1. The minimum Gasteiger partial charge on any atom is -0.398 e. The quantitative estimate of drug-likeness (QED) is 0.858. The van der Waals surface area contributed by atoms with Crippen molar-refractivity contribution in [2.45, 2.75) is 17.6 Å². The molecule has 1 heterocycles. The van der Waals surface area contributed by atoms with Gasteiger partial charge in [-0.3, -0.25) is 4.98 Å². The normalized spacial score (nSPS) is 11.4. The number of nitrogen functional groups attached to an aromatic ring is 1. The molecular weight excluding hydrogens is 248 g/mol. The Morgan fingerprint density at radius 1 is 1.17 bits per heavy atom. The van der Waals surface area contributed by atoms with Crippen LogP contribution in [0.2, 0.25) is 0 Å². The van der Waals surface area contributed by atoms with E-state index in [2.05, 4.69) is 4.98 Å². The predicted molar refractivity (Wildman–Crippen MR) is 70.7 cm³/mol. The average molecular weight is 262 g/mol. The zero-order chi connectivity index (χ0) is 13.2. The molecule has 0 atom stereocenters. The van der Waals surface area contributed by atoms with Gasteiger partial charge in [-0.15, -0.1) is 0 Å². The maximum atomic E-state index is 12.2. The second-order valence-electron chi connectivity index (χ2n) is 4.16. The fraction of sp³-hybridized carbons (Fsp3) is 0.154. The Kier molecular flexibility index (Phi) is 3.34. The number of rotatable bonds is 3. The van der Waals surface area contributed by atoms with Gasteiger partial charge in [-0.1, -0.05) is 6.07 Å². The van der Waals surface area contributed by atoms with Crippen molar-refractivity contribution in [1.29, 1.82) is 0 Å². The predicted octanol–water partition coefficient (Wildman–Crippen LogP) is 1.95. The number of sulfone groups is 1. The lowest BCUT2D eigenvalue weighted by molar-refractivity contribution is 0.595. The van der Waals surface area contributed by atoms with Crippen molar-refractivity contribution in [3.8, 4) is 0 Å². The van der Waals surface area contributed by atoms with Crippen molar-refractivity contribution in [3.05, 3.63) is 53.9 Å². The number of aryl methyl sites for hydroxylation is 1. The standard InChI is InChI=1S/C13H14N2O2S/c1-10-2-3-13(12(14)8-10)18(16,17)9-11-4-6-15-7-5-11/h2-8H,9,14H2,1H3. The van der Waals surface area contributed by atoms with Gasteiger partial charge in [0.2, 0.25) is 0 Å². The first-order valence-electron chi connectivity index (χ1n) is 5.47. The van der Waals surface area contributed by atoms with Gasteiger partial charge < -0.3 is 5.73 Å². The molecule has 0 fully saturated rings. The van der Waals surface area contributed by atoms with Gasteiger partial charge in [0.1, 0.15) is 0 Å². The lowest BCUT2D eigenvalue weighted by Gasteiger charge is -2.08. The third-order valence-corrected chi connectivity index (χ3v) is 4.36. The molecule has 0 saturated carbocycles. The Bertz CT molecular complexity index is 652. The highest BCUT2D eigenvalue weighted by Gasteiger charge is 2.18. The first-order chi connectivity index (χ1) is 8.49. The Morgan fingerprint density at radius 3 is 2.44 bits per heavy atom. The van der Waals surface area contributed by atoms with E-state index in [1.54, 1.807) is 42.7 Å². The summed E-state index contributed by atoms with van der Waals surface area (Å²) in [4.78, 5) is 4.04. The molecule has 0 aliphatic carbocycles. The van der Waals surface area contributed by atoms with Crippen LogP contribution in [0.5, 0.6) is 0 Å². The van der Waals surface area contributed by atoms with Crippen molar-refractivity contribution in [1.82, 2.24) is 4.98 Å². The fourth-order valence-electron chi connectivity index (χ4n) is 1.73. The molecule has 0 spiro atoms. The van der Waals surface area contributed by atoms with Gasteiger partial charge in [0, 0.05) is 12.4 Å². The lowest BCUT2D eigenvalue weighted by atomic mass is 10.2. The third kappa shape index (κ3) is 2.68. The van der Waals surface area contributed by atoms with Crippen LogP contribution in [-0.2, 0) is 15.6 Å². The molecule has 2 rings (SSSR count).